The van der Waals surface area contributed by atoms with Crippen molar-refractivity contribution in [3.8, 4) is 17.1 Å². The van der Waals surface area contributed by atoms with Crippen molar-refractivity contribution >= 4 is 5.69 Å². The minimum atomic E-state index is -0.432. The van der Waals surface area contributed by atoms with Gasteiger partial charge in [0.05, 0.1) is 4.92 Å². The Bertz CT molecular complexity index is 833. The highest BCUT2D eigenvalue weighted by atomic mass is 16.6. The molecule has 0 atom stereocenters. The predicted molar refractivity (Wildman–Crippen MR) is 79.7 cm³/mol. The maximum absolute atomic E-state index is 10.8. The van der Waals surface area contributed by atoms with Gasteiger partial charge < -0.3 is 9.26 Å². The SMILES string of the molecule is Cc1cc(OCc2nc(-c3ccncc3)no2)ccc1[N+](=O)[O-]. The van der Waals surface area contributed by atoms with Crippen molar-refractivity contribution in [2.24, 2.45) is 0 Å². The summed E-state index contributed by atoms with van der Waals surface area (Å²) in [5, 5.41) is 14.6. The summed E-state index contributed by atoms with van der Waals surface area (Å²) in [6.07, 6.45) is 3.28. The van der Waals surface area contributed by atoms with Gasteiger partial charge >= 0.3 is 0 Å². The number of hydrogen-bond donors (Lipinski definition) is 0. The van der Waals surface area contributed by atoms with E-state index in [9.17, 15) is 10.1 Å². The lowest BCUT2D eigenvalue weighted by Gasteiger charge is -2.04. The number of rotatable bonds is 5. The summed E-state index contributed by atoms with van der Waals surface area (Å²) in [5.41, 5.74) is 1.37. The highest BCUT2D eigenvalue weighted by molar-refractivity contribution is 5.52. The van der Waals surface area contributed by atoms with Crippen LogP contribution in [0.1, 0.15) is 11.5 Å². The lowest BCUT2D eigenvalue weighted by atomic mass is 10.2. The third-order valence-electron chi connectivity index (χ3n) is 3.13. The summed E-state index contributed by atoms with van der Waals surface area (Å²) in [6.45, 7) is 1.73. The minimum absolute atomic E-state index is 0.0510. The van der Waals surface area contributed by atoms with E-state index in [0.717, 1.165) is 5.56 Å². The van der Waals surface area contributed by atoms with Crippen LogP contribution in [0, 0.1) is 17.0 Å². The van der Waals surface area contributed by atoms with Gasteiger partial charge in [0.15, 0.2) is 6.61 Å². The first-order valence-electron chi connectivity index (χ1n) is 6.74. The molecule has 2 heterocycles. The van der Waals surface area contributed by atoms with Gasteiger partial charge in [-0.25, -0.2) is 0 Å². The van der Waals surface area contributed by atoms with Gasteiger partial charge in [0.25, 0.3) is 11.6 Å². The molecular weight excluding hydrogens is 300 g/mol. The van der Waals surface area contributed by atoms with Gasteiger partial charge in [0, 0.05) is 29.6 Å². The zero-order valence-corrected chi connectivity index (χ0v) is 12.2. The molecular formula is C15H12N4O4. The van der Waals surface area contributed by atoms with Crippen LogP contribution in [0.2, 0.25) is 0 Å². The fourth-order valence-corrected chi connectivity index (χ4v) is 2.00. The van der Waals surface area contributed by atoms with E-state index in [1.54, 1.807) is 37.5 Å². The first-order chi connectivity index (χ1) is 11.1. The van der Waals surface area contributed by atoms with E-state index >= 15 is 0 Å². The Morgan fingerprint density at radius 3 is 2.74 bits per heavy atom. The third-order valence-corrected chi connectivity index (χ3v) is 3.13. The summed E-state index contributed by atoms with van der Waals surface area (Å²) in [4.78, 5) is 18.5. The molecule has 23 heavy (non-hydrogen) atoms. The Hall–Kier alpha value is -3.29. The second kappa shape index (κ2) is 6.22. The van der Waals surface area contributed by atoms with Crippen molar-refractivity contribution in [1.29, 1.82) is 0 Å². The molecule has 1 aromatic carbocycles. The number of nitro groups is 1. The number of pyridine rings is 1. The molecule has 3 aromatic rings. The van der Waals surface area contributed by atoms with Crippen LogP contribution in [0.3, 0.4) is 0 Å². The number of hydrogen-bond acceptors (Lipinski definition) is 7. The Morgan fingerprint density at radius 1 is 1.26 bits per heavy atom. The van der Waals surface area contributed by atoms with Crippen LogP contribution in [-0.2, 0) is 6.61 Å². The summed E-state index contributed by atoms with van der Waals surface area (Å²) >= 11 is 0. The van der Waals surface area contributed by atoms with Crippen LogP contribution < -0.4 is 4.74 Å². The molecule has 0 aliphatic rings. The minimum Gasteiger partial charge on any atom is -0.484 e. The Kier molecular flexibility index (Phi) is 3.96. The molecule has 0 bridgehead atoms. The molecule has 2 aromatic heterocycles. The molecule has 0 aliphatic heterocycles. The van der Waals surface area contributed by atoms with Gasteiger partial charge in [0.1, 0.15) is 5.75 Å². The molecule has 0 amide bonds. The largest absolute Gasteiger partial charge is 0.484 e. The van der Waals surface area contributed by atoms with Gasteiger partial charge in [-0.05, 0) is 31.2 Å². The molecule has 116 valence electrons. The van der Waals surface area contributed by atoms with Gasteiger partial charge in [-0.15, -0.1) is 0 Å². The molecule has 3 rings (SSSR count). The molecule has 0 saturated carbocycles. The molecule has 0 spiro atoms. The monoisotopic (exact) mass is 312 g/mol. The summed E-state index contributed by atoms with van der Waals surface area (Å²) < 4.78 is 10.6. The molecule has 0 saturated heterocycles. The van der Waals surface area contributed by atoms with E-state index < -0.39 is 4.92 Å². The zero-order chi connectivity index (χ0) is 16.2. The maximum atomic E-state index is 10.8. The molecule has 0 fully saturated rings. The normalized spacial score (nSPS) is 10.5. The van der Waals surface area contributed by atoms with Crippen molar-refractivity contribution in [2.75, 3.05) is 0 Å². The summed E-state index contributed by atoms with van der Waals surface area (Å²) in [7, 11) is 0. The van der Waals surface area contributed by atoms with Crippen LogP contribution in [0.25, 0.3) is 11.4 Å². The summed E-state index contributed by atoms with van der Waals surface area (Å²) in [5.74, 6) is 1.26. The molecule has 0 N–H and O–H groups in total. The van der Waals surface area contributed by atoms with Crippen LogP contribution in [0.15, 0.2) is 47.2 Å². The van der Waals surface area contributed by atoms with Gasteiger partial charge in [0.2, 0.25) is 5.82 Å². The van der Waals surface area contributed by atoms with Crippen molar-refractivity contribution in [3.05, 3.63) is 64.3 Å². The summed E-state index contributed by atoms with van der Waals surface area (Å²) in [6, 6.07) is 8.08. The van der Waals surface area contributed by atoms with Gasteiger partial charge in [-0.1, -0.05) is 5.16 Å². The van der Waals surface area contributed by atoms with Crippen molar-refractivity contribution in [3.63, 3.8) is 0 Å². The molecule has 0 radical (unpaired) electrons. The van der Waals surface area contributed by atoms with E-state index in [1.807, 2.05) is 0 Å². The highest BCUT2D eigenvalue weighted by Crippen LogP contribution is 2.23. The average Bonchev–Trinajstić information content (AvgIpc) is 3.02. The average molecular weight is 312 g/mol. The first-order valence-corrected chi connectivity index (χ1v) is 6.74. The second-order valence-corrected chi connectivity index (χ2v) is 4.74. The Labute approximate surface area is 130 Å². The van der Waals surface area contributed by atoms with Crippen LogP contribution in [0.5, 0.6) is 5.75 Å². The third kappa shape index (κ3) is 3.31. The van der Waals surface area contributed by atoms with E-state index in [-0.39, 0.29) is 12.3 Å². The molecule has 0 unspecified atom stereocenters. The number of nitrogens with zero attached hydrogens (tertiary/aromatic N) is 4. The highest BCUT2D eigenvalue weighted by Gasteiger charge is 2.12. The molecule has 8 heteroatoms. The van der Waals surface area contributed by atoms with Crippen LogP contribution in [0.4, 0.5) is 5.69 Å². The topological polar surface area (TPSA) is 104 Å². The number of ether oxygens (including phenoxy) is 1. The predicted octanol–water partition coefficient (Wildman–Crippen LogP) is 2.93. The lowest BCUT2D eigenvalue weighted by molar-refractivity contribution is -0.385. The van der Waals surface area contributed by atoms with Crippen LogP contribution >= 0.6 is 0 Å². The van der Waals surface area contributed by atoms with Gasteiger partial charge in [-0.2, -0.15) is 4.98 Å². The lowest BCUT2D eigenvalue weighted by Crippen LogP contribution is -1.97. The van der Waals surface area contributed by atoms with E-state index in [1.165, 1.54) is 12.1 Å². The van der Waals surface area contributed by atoms with E-state index in [0.29, 0.717) is 23.0 Å². The van der Waals surface area contributed by atoms with Crippen molar-refractivity contribution < 1.29 is 14.2 Å². The van der Waals surface area contributed by atoms with Crippen molar-refractivity contribution in [1.82, 2.24) is 15.1 Å². The van der Waals surface area contributed by atoms with E-state index in [2.05, 4.69) is 15.1 Å². The maximum Gasteiger partial charge on any atom is 0.272 e. The Balaban J connectivity index is 1.68. The smallest absolute Gasteiger partial charge is 0.272 e. The molecule has 0 aliphatic carbocycles. The number of aryl methyl sites for hydroxylation is 1. The van der Waals surface area contributed by atoms with Crippen LogP contribution in [-0.4, -0.2) is 20.0 Å². The van der Waals surface area contributed by atoms with Gasteiger partial charge in [-0.3, -0.25) is 15.1 Å². The first kappa shape index (κ1) is 14.6. The quantitative estimate of drug-likeness (QED) is 0.527. The Morgan fingerprint density at radius 2 is 2.04 bits per heavy atom. The second-order valence-electron chi connectivity index (χ2n) is 4.74. The standard InChI is InChI=1S/C15H12N4O4/c1-10-8-12(2-3-13(10)19(20)21)22-9-14-17-15(18-23-14)11-4-6-16-7-5-11/h2-8H,9H2,1H3. The van der Waals surface area contributed by atoms with E-state index in [4.69, 9.17) is 9.26 Å². The molecule has 8 nitrogen and oxygen atoms in total. The number of benzene rings is 1. The fraction of sp³-hybridized carbons (Fsp3) is 0.133. The fourth-order valence-electron chi connectivity index (χ4n) is 2.00. The number of aromatic nitrogens is 3. The number of nitro benzene ring substituents is 1. The zero-order valence-electron chi connectivity index (χ0n) is 12.2. The van der Waals surface area contributed by atoms with Crippen molar-refractivity contribution in [2.45, 2.75) is 13.5 Å².